The van der Waals surface area contributed by atoms with Crippen LogP contribution in [0.5, 0.6) is 5.75 Å². The molecule has 0 spiro atoms. The number of hydrogen-bond donors (Lipinski definition) is 2. The Morgan fingerprint density at radius 3 is 2.17 bits per heavy atom. The first kappa shape index (κ1) is 15.1. The molecular formula is C15H11N3O4S. The maximum absolute atomic E-state index is 11.0. The predicted octanol–water partition coefficient (Wildman–Crippen LogP) is 2.16. The lowest BCUT2D eigenvalue weighted by molar-refractivity contribution is 0.476. The Morgan fingerprint density at radius 1 is 0.870 bits per heavy atom. The van der Waals surface area contributed by atoms with Crippen LogP contribution < -0.4 is 0 Å². The zero-order valence-corrected chi connectivity index (χ0v) is 12.5. The molecule has 2 N–H and O–H groups in total. The van der Waals surface area contributed by atoms with Crippen LogP contribution in [-0.2, 0) is 10.1 Å². The van der Waals surface area contributed by atoms with Crippen LogP contribution in [0.2, 0.25) is 0 Å². The van der Waals surface area contributed by atoms with E-state index in [-0.39, 0.29) is 10.6 Å². The second-order valence-corrected chi connectivity index (χ2v) is 6.07. The molecule has 0 aliphatic heterocycles. The average molecular weight is 329 g/mol. The Labute approximate surface area is 132 Å². The van der Waals surface area contributed by atoms with Gasteiger partial charge in [-0.25, -0.2) is 15.0 Å². The zero-order chi connectivity index (χ0) is 16.4. The van der Waals surface area contributed by atoms with Crippen LogP contribution in [0, 0.1) is 0 Å². The van der Waals surface area contributed by atoms with Gasteiger partial charge in [0.15, 0.2) is 11.6 Å². The maximum atomic E-state index is 11.0. The van der Waals surface area contributed by atoms with Crippen LogP contribution in [0.4, 0.5) is 0 Å². The minimum absolute atomic E-state index is 0.0476. The average Bonchev–Trinajstić information content (AvgIpc) is 2.55. The van der Waals surface area contributed by atoms with Crippen molar-refractivity contribution < 1.29 is 18.1 Å². The highest BCUT2D eigenvalue weighted by Crippen LogP contribution is 2.26. The maximum Gasteiger partial charge on any atom is 0.294 e. The number of rotatable bonds is 3. The van der Waals surface area contributed by atoms with Crippen LogP contribution in [0.1, 0.15) is 0 Å². The Bertz CT molecular complexity index is 956. The van der Waals surface area contributed by atoms with Crippen LogP contribution in [-0.4, -0.2) is 33.0 Å². The molecule has 116 valence electrons. The molecule has 3 aromatic rings. The Kier molecular flexibility index (Phi) is 3.77. The molecule has 2 aromatic carbocycles. The zero-order valence-electron chi connectivity index (χ0n) is 11.7. The fourth-order valence-electron chi connectivity index (χ4n) is 2.00. The summed E-state index contributed by atoms with van der Waals surface area (Å²) in [6, 6.07) is 12.1. The molecule has 1 heterocycles. The van der Waals surface area contributed by atoms with E-state index >= 15 is 0 Å². The van der Waals surface area contributed by atoms with Crippen LogP contribution in [0.3, 0.4) is 0 Å². The number of benzene rings is 2. The summed E-state index contributed by atoms with van der Waals surface area (Å²) >= 11 is 0. The minimum Gasteiger partial charge on any atom is -0.507 e. The van der Waals surface area contributed by atoms with E-state index in [2.05, 4.69) is 15.0 Å². The lowest BCUT2D eigenvalue weighted by Crippen LogP contribution is -1.98. The first-order valence-electron chi connectivity index (χ1n) is 6.50. The van der Waals surface area contributed by atoms with Crippen molar-refractivity contribution in [3.63, 3.8) is 0 Å². The predicted molar refractivity (Wildman–Crippen MR) is 82.2 cm³/mol. The lowest BCUT2D eigenvalue weighted by Gasteiger charge is -2.05. The third-order valence-electron chi connectivity index (χ3n) is 3.13. The molecule has 8 heteroatoms. The SMILES string of the molecule is O=S(=O)(O)c1ccc(-c2ncnc(-c3ccccc3O)n2)cc1. The largest absolute Gasteiger partial charge is 0.507 e. The highest BCUT2D eigenvalue weighted by molar-refractivity contribution is 7.85. The fraction of sp³-hybridized carbons (Fsp3) is 0. The summed E-state index contributed by atoms with van der Waals surface area (Å²) in [6.07, 6.45) is 1.31. The number of phenolic OH excluding ortho intramolecular Hbond substituents is 1. The van der Waals surface area contributed by atoms with Crippen molar-refractivity contribution in [1.82, 2.24) is 15.0 Å². The van der Waals surface area contributed by atoms with Crippen molar-refractivity contribution in [2.45, 2.75) is 4.90 Å². The summed E-state index contributed by atoms with van der Waals surface area (Å²) in [7, 11) is -4.24. The van der Waals surface area contributed by atoms with Gasteiger partial charge >= 0.3 is 0 Å². The molecule has 0 fully saturated rings. The van der Waals surface area contributed by atoms with Gasteiger partial charge in [-0.2, -0.15) is 8.42 Å². The first-order valence-corrected chi connectivity index (χ1v) is 7.94. The number of hydrogen-bond acceptors (Lipinski definition) is 6. The van der Waals surface area contributed by atoms with Crippen LogP contribution >= 0.6 is 0 Å². The number of aromatic hydroxyl groups is 1. The molecule has 0 amide bonds. The summed E-state index contributed by atoms with van der Waals surface area (Å²) in [4.78, 5) is 12.1. The highest BCUT2D eigenvalue weighted by atomic mass is 32.2. The van der Waals surface area contributed by atoms with Gasteiger partial charge in [-0.05, 0) is 36.4 Å². The smallest absolute Gasteiger partial charge is 0.294 e. The quantitative estimate of drug-likeness (QED) is 0.708. The Morgan fingerprint density at radius 2 is 1.52 bits per heavy atom. The van der Waals surface area contributed by atoms with Gasteiger partial charge in [0.2, 0.25) is 0 Å². The summed E-state index contributed by atoms with van der Waals surface area (Å²) < 4.78 is 31.1. The van der Waals surface area contributed by atoms with Crippen molar-refractivity contribution in [2.24, 2.45) is 0 Å². The molecule has 23 heavy (non-hydrogen) atoms. The monoisotopic (exact) mass is 329 g/mol. The normalized spacial score (nSPS) is 11.3. The van der Waals surface area contributed by atoms with Gasteiger partial charge in [-0.15, -0.1) is 0 Å². The molecule has 0 bridgehead atoms. The third-order valence-corrected chi connectivity index (χ3v) is 4.00. The van der Waals surface area contributed by atoms with E-state index in [1.807, 2.05) is 0 Å². The second-order valence-electron chi connectivity index (χ2n) is 4.65. The molecular weight excluding hydrogens is 318 g/mol. The molecule has 0 saturated carbocycles. The molecule has 0 radical (unpaired) electrons. The molecule has 1 aromatic heterocycles. The number of nitrogens with zero attached hydrogens (tertiary/aromatic N) is 3. The van der Waals surface area contributed by atoms with Gasteiger partial charge < -0.3 is 5.11 Å². The third kappa shape index (κ3) is 3.17. The molecule has 0 saturated heterocycles. The summed E-state index contributed by atoms with van der Waals surface area (Å²) in [5.74, 6) is 0.665. The van der Waals surface area contributed by atoms with E-state index in [9.17, 15) is 13.5 Å². The number of phenols is 1. The van der Waals surface area contributed by atoms with Gasteiger partial charge in [0.25, 0.3) is 10.1 Å². The highest BCUT2D eigenvalue weighted by Gasteiger charge is 2.12. The van der Waals surface area contributed by atoms with Crippen molar-refractivity contribution in [3.8, 4) is 28.5 Å². The molecule has 0 aliphatic carbocycles. The van der Waals surface area contributed by atoms with Crippen molar-refractivity contribution >= 4 is 10.1 Å². The minimum atomic E-state index is -4.24. The number of aromatic nitrogens is 3. The number of para-hydroxylation sites is 1. The lowest BCUT2D eigenvalue weighted by atomic mass is 10.2. The Balaban J connectivity index is 2.02. The molecule has 3 rings (SSSR count). The molecule has 7 nitrogen and oxygen atoms in total. The van der Waals surface area contributed by atoms with E-state index in [0.717, 1.165) is 0 Å². The van der Waals surface area contributed by atoms with Crippen molar-refractivity contribution in [2.75, 3.05) is 0 Å². The van der Waals surface area contributed by atoms with Crippen LogP contribution in [0.25, 0.3) is 22.8 Å². The van der Waals surface area contributed by atoms with Crippen molar-refractivity contribution in [3.05, 3.63) is 54.9 Å². The summed E-state index contributed by atoms with van der Waals surface area (Å²) in [5.41, 5.74) is 1.02. The fourth-order valence-corrected chi connectivity index (χ4v) is 2.48. The van der Waals surface area contributed by atoms with Crippen molar-refractivity contribution in [1.29, 1.82) is 0 Å². The summed E-state index contributed by atoms with van der Waals surface area (Å²) in [5, 5.41) is 9.86. The molecule has 0 atom stereocenters. The van der Waals surface area contributed by atoms with E-state index in [4.69, 9.17) is 4.55 Å². The van der Waals surface area contributed by atoms with E-state index in [0.29, 0.717) is 22.8 Å². The topological polar surface area (TPSA) is 113 Å². The van der Waals surface area contributed by atoms with Gasteiger partial charge in [-0.1, -0.05) is 12.1 Å². The summed E-state index contributed by atoms with van der Waals surface area (Å²) in [6.45, 7) is 0. The van der Waals surface area contributed by atoms with Crippen LogP contribution in [0.15, 0.2) is 59.8 Å². The molecule has 0 aliphatic rings. The standard InChI is InChI=1S/C15H11N3O4S/c19-13-4-2-1-3-12(13)15-17-9-16-14(18-15)10-5-7-11(8-6-10)23(20,21)22/h1-9,19H,(H,20,21,22). The van der Waals surface area contributed by atoms with Gasteiger partial charge in [0.1, 0.15) is 12.1 Å². The van der Waals surface area contributed by atoms with E-state index in [1.165, 1.54) is 36.7 Å². The second kappa shape index (κ2) is 5.75. The molecule has 0 unspecified atom stereocenters. The van der Waals surface area contributed by atoms with E-state index < -0.39 is 10.1 Å². The Hall–Kier alpha value is -2.84. The van der Waals surface area contributed by atoms with Gasteiger partial charge in [0, 0.05) is 5.56 Å². The van der Waals surface area contributed by atoms with Gasteiger partial charge in [-0.3, -0.25) is 4.55 Å². The van der Waals surface area contributed by atoms with E-state index in [1.54, 1.807) is 18.2 Å². The first-order chi connectivity index (χ1) is 10.9. The van der Waals surface area contributed by atoms with Gasteiger partial charge in [0.05, 0.1) is 10.5 Å².